The number of rotatable bonds is 4. The van der Waals surface area contributed by atoms with Gasteiger partial charge >= 0.3 is 5.97 Å². The molecule has 0 bridgehead atoms. The summed E-state index contributed by atoms with van der Waals surface area (Å²) in [6.07, 6.45) is 1.99. The van der Waals surface area contributed by atoms with Crippen molar-refractivity contribution in [1.29, 1.82) is 0 Å². The number of benzene rings is 2. The Bertz CT molecular complexity index is 1000. The molecule has 0 saturated heterocycles. The van der Waals surface area contributed by atoms with Crippen LogP contribution in [0.4, 0.5) is 5.69 Å². The Morgan fingerprint density at radius 1 is 1.34 bits per heavy atom. The molecule has 2 heterocycles. The van der Waals surface area contributed by atoms with E-state index in [1.165, 1.54) is 12.1 Å². The van der Waals surface area contributed by atoms with Crippen LogP contribution in [0.15, 0.2) is 35.4 Å². The molecule has 9 nitrogen and oxygen atoms in total. The molecule has 0 spiro atoms. The average molecular weight is 397 g/mol. The summed E-state index contributed by atoms with van der Waals surface area (Å²) in [5.41, 5.74) is 3.15. The van der Waals surface area contributed by atoms with Crippen molar-refractivity contribution >= 4 is 17.9 Å². The Morgan fingerprint density at radius 2 is 2.10 bits per heavy atom. The van der Waals surface area contributed by atoms with Gasteiger partial charge in [-0.1, -0.05) is 0 Å². The number of carbonyl (C=O) groups is 1. The summed E-state index contributed by atoms with van der Waals surface area (Å²) in [6.45, 7) is 2.12. The quantitative estimate of drug-likeness (QED) is 0.444. The molecule has 0 aromatic heterocycles. The maximum atomic E-state index is 12.5. The van der Waals surface area contributed by atoms with Crippen LogP contribution in [0.25, 0.3) is 11.1 Å². The van der Waals surface area contributed by atoms with E-state index in [1.54, 1.807) is 37.3 Å². The number of esters is 1. The van der Waals surface area contributed by atoms with Crippen molar-refractivity contribution in [2.24, 2.45) is 5.10 Å². The maximum Gasteiger partial charge on any atom is 0.330 e. The number of non-ortho nitro benzene ring substituents is 1. The molecule has 0 radical (unpaired) electrons. The molecule has 0 N–H and O–H groups in total. The van der Waals surface area contributed by atoms with Gasteiger partial charge in [0.05, 0.1) is 17.7 Å². The minimum absolute atomic E-state index is 0.00581. The van der Waals surface area contributed by atoms with Crippen molar-refractivity contribution in [3.63, 3.8) is 0 Å². The van der Waals surface area contributed by atoms with E-state index in [4.69, 9.17) is 14.2 Å². The van der Waals surface area contributed by atoms with Crippen molar-refractivity contribution in [3.8, 4) is 22.6 Å². The summed E-state index contributed by atoms with van der Waals surface area (Å²) in [5.74, 6) is 0.778. The number of hydrogen-bond donors (Lipinski definition) is 0. The van der Waals surface area contributed by atoms with Crippen LogP contribution in [0.3, 0.4) is 0 Å². The van der Waals surface area contributed by atoms with Crippen LogP contribution >= 0.6 is 0 Å². The van der Waals surface area contributed by atoms with Crippen molar-refractivity contribution < 1.29 is 23.9 Å². The van der Waals surface area contributed by atoms with Crippen LogP contribution < -0.4 is 9.47 Å². The molecule has 1 atom stereocenters. The third-order valence-corrected chi connectivity index (χ3v) is 4.98. The normalized spacial score (nSPS) is 16.9. The molecule has 0 amide bonds. The third kappa shape index (κ3) is 3.35. The van der Waals surface area contributed by atoms with Crippen LogP contribution in [0.5, 0.6) is 11.5 Å². The van der Waals surface area contributed by atoms with E-state index in [0.29, 0.717) is 17.9 Å². The predicted octanol–water partition coefficient (Wildman–Crippen LogP) is 2.74. The monoisotopic (exact) mass is 397 g/mol. The van der Waals surface area contributed by atoms with Gasteiger partial charge < -0.3 is 14.2 Å². The number of ether oxygens (including phenoxy) is 3. The zero-order valence-corrected chi connectivity index (χ0v) is 16.0. The zero-order valence-electron chi connectivity index (χ0n) is 16.0. The number of nitrogens with zero attached hydrogens (tertiary/aromatic N) is 3. The molecular formula is C20H19N3O6. The van der Waals surface area contributed by atoms with Crippen molar-refractivity contribution in [2.75, 3.05) is 20.4 Å². The highest BCUT2D eigenvalue weighted by atomic mass is 16.7. The smallest absolute Gasteiger partial charge is 0.330 e. The second-order valence-corrected chi connectivity index (χ2v) is 6.64. The first-order valence-corrected chi connectivity index (χ1v) is 9.13. The van der Waals surface area contributed by atoms with E-state index >= 15 is 0 Å². The number of nitro benzene ring substituents is 1. The van der Waals surface area contributed by atoms with Gasteiger partial charge in [0.1, 0.15) is 6.04 Å². The Hall–Kier alpha value is -3.62. The highest BCUT2D eigenvalue weighted by Crippen LogP contribution is 2.43. The molecule has 2 aliphatic heterocycles. The minimum Gasteiger partial charge on any atom is -0.464 e. The highest BCUT2D eigenvalue weighted by Gasteiger charge is 2.32. The van der Waals surface area contributed by atoms with E-state index in [1.807, 2.05) is 6.07 Å². The van der Waals surface area contributed by atoms with E-state index in [9.17, 15) is 14.9 Å². The lowest BCUT2D eigenvalue weighted by atomic mass is 9.90. The Morgan fingerprint density at radius 3 is 2.79 bits per heavy atom. The summed E-state index contributed by atoms with van der Waals surface area (Å²) >= 11 is 0. The first-order valence-electron chi connectivity index (χ1n) is 9.13. The van der Waals surface area contributed by atoms with Crippen LogP contribution in [0.1, 0.15) is 18.1 Å². The van der Waals surface area contributed by atoms with Crippen molar-refractivity contribution in [2.45, 2.75) is 19.4 Å². The number of hydrogen-bond acceptors (Lipinski definition) is 8. The minimum atomic E-state index is -0.607. The van der Waals surface area contributed by atoms with Gasteiger partial charge in [-0.3, -0.25) is 15.1 Å². The molecule has 29 heavy (non-hydrogen) atoms. The highest BCUT2D eigenvalue weighted by molar-refractivity contribution is 5.93. The lowest BCUT2D eigenvalue weighted by Gasteiger charge is -2.23. The van der Waals surface area contributed by atoms with Crippen LogP contribution in [0.2, 0.25) is 0 Å². The van der Waals surface area contributed by atoms with Gasteiger partial charge in [-0.15, -0.1) is 0 Å². The van der Waals surface area contributed by atoms with Gasteiger partial charge in [0, 0.05) is 31.2 Å². The molecule has 0 saturated carbocycles. The molecule has 150 valence electrons. The second-order valence-electron chi connectivity index (χ2n) is 6.64. The standard InChI is InChI=1S/C20H19N3O6/c1-3-27-20(24)17-8-15-14(12-4-6-13(7-5-12)23(25)26)9-18-19(29-11-28-18)16(15)10-21-22(17)2/h4-7,9-10,17H,3,8,11H2,1-2H3. The van der Waals surface area contributed by atoms with Crippen LogP contribution in [-0.4, -0.2) is 48.6 Å². The number of carbonyl (C=O) groups excluding carboxylic acids is 1. The Labute approximate surface area is 166 Å². The molecule has 2 aromatic carbocycles. The SMILES string of the molecule is CCOC(=O)C1Cc2c(-c3ccc([N+](=O)[O-])cc3)cc3c(c2C=NN1C)OCO3. The van der Waals surface area contributed by atoms with E-state index in [-0.39, 0.29) is 25.1 Å². The van der Waals surface area contributed by atoms with E-state index < -0.39 is 11.0 Å². The third-order valence-electron chi connectivity index (χ3n) is 4.98. The molecule has 2 aliphatic rings. The van der Waals surface area contributed by atoms with Gasteiger partial charge in [-0.25, -0.2) is 4.79 Å². The summed E-state index contributed by atoms with van der Waals surface area (Å²) in [7, 11) is 1.72. The second kappa shape index (κ2) is 7.42. The Balaban J connectivity index is 1.85. The number of fused-ring (bicyclic) bond motifs is 3. The molecule has 0 aliphatic carbocycles. The fourth-order valence-corrected chi connectivity index (χ4v) is 3.51. The molecule has 9 heteroatoms. The molecule has 1 unspecified atom stereocenters. The van der Waals surface area contributed by atoms with E-state index in [2.05, 4.69) is 5.10 Å². The fraction of sp³-hybridized carbons (Fsp3) is 0.300. The molecule has 0 fully saturated rings. The van der Waals surface area contributed by atoms with Gasteiger partial charge in [-0.05, 0) is 41.8 Å². The van der Waals surface area contributed by atoms with Gasteiger partial charge in [-0.2, -0.15) is 5.10 Å². The summed E-state index contributed by atoms with van der Waals surface area (Å²) < 4.78 is 16.4. The predicted molar refractivity (Wildman–Crippen MR) is 104 cm³/mol. The topological polar surface area (TPSA) is 104 Å². The average Bonchev–Trinajstić information content (AvgIpc) is 3.11. The van der Waals surface area contributed by atoms with Crippen molar-refractivity contribution in [1.82, 2.24) is 5.01 Å². The molecule has 2 aromatic rings. The largest absolute Gasteiger partial charge is 0.464 e. The lowest BCUT2D eigenvalue weighted by molar-refractivity contribution is -0.384. The summed E-state index contributed by atoms with van der Waals surface area (Å²) in [4.78, 5) is 23.1. The summed E-state index contributed by atoms with van der Waals surface area (Å²) in [6, 6.07) is 7.49. The van der Waals surface area contributed by atoms with Gasteiger partial charge in [0.2, 0.25) is 6.79 Å². The number of nitro groups is 1. The first-order chi connectivity index (χ1) is 14.0. The molecular weight excluding hydrogens is 378 g/mol. The number of hydrazone groups is 1. The maximum absolute atomic E-state index is 12.5. The fourth-order valence-electron chi connectivity index (χ4n) is 3.51. The van der Waals surface area contributed by atoms with Gasteiger partial charge in [0.25, 0.3) is 5.69 Å². The van der Waals surface area contributed by atoms with E-state index in [0.717, 1.165) is 22.3 Å². The van der Waals surface area contributed by atoms with Gasteiger partial charge in [0.15, 0.2) is 11.5 Å². The van der Waals surface area contributed by atoms with Crippen molar-refractivity contribution in [3.05, 3.63) is 51.6 Å². The summed E-state index contributed by atoms with van der Waals surface area (Å²) in [5, 5.41) is 16.9. The number of likely N-dealkylation sites (N-methyl/N-ethyl adjacent to an activating group) is 1. The van der Waals surface area contributed by atoms with Crippen LogP contribution in [0, 0.1) is 10.1 Å². The zero-order chi connectivity index (χ0) is 20.5. The first kappa shape index (κ1) is 18.7. The Kier molecular flexibility index (Phi) is 4.79. The van der Waals surface area contributed by atoms with Crippen LogP contribution in [-0.2, 0) is 16.0 Å². The molecule has 4 rings (SSSR count). The lowest BCUT2D eigenvalue weighted by Crippen LogP contribution is -2.37.